The molecule has 2 aromatic rings. The van der Waals surface area contributed by atoms with Crippen LogP contribution >= 0.6 is 0 Å². The van der Waals surface area contributed by atoms with Crippen molar-refractivity contribution >= 4 is 17.7 Å². The van der Waals surface area contributed by atoms with Gasteiger partial charge >= 0.3 is 5.97 Å². The number of hydrogen-bond donors (Lipinski definition) is 2. The zero-order valence-electron chi connectivity index (χ0n) is 15.6. The third-order valence-electron chi connectivity index (χ3n) is 3.91. The highest BCUT2D eigenvalue weighted by atomic mass is 16.5. The molecule has 0 radical (unpaired) electrons. The Bertz CT molecular complexity index is 791. The minimum atomic E-state index is -1.03. The number of aromatic nitrogens is 1. The summed E-state index contributed by atoms with van der Waals surface area (Å²) in [7, 11) is 4.40. The molecule has 1 atom stereocenters. The van der Waals surface area contributed by atoms with Crippen LogP contribution in [0, 0.1) is 6.92 Å². The van der Waals surface area contributed by atoms with E-state index >= 15 is 0 Å². The van der Waals surface area contributed by atoms with E-state index in [0.717, 1.165) is 0 Å². The van der Waals surface area contributed by atoms with Crippen molar-refractivity contribution in [2.24, 2.45) is 0 Å². The van der Waals surface area contributed by atoms with Gasteiger partial charge in [0.05, 0.1) is 27.8 Å². The first-order valence-electron chi connectivity index (χ1n) is 8.12. The number of nitrogens with zero attached hydrogens (tertiary/aromatic N) is 1. The predicted molar refractivity (Wildman–Crippen MR) is 95.6 cm³/mol. The van der Waals surface area contributed by atoms with Crippen molar-refractivity contribution in [3.63, 3.8) is 0 Å². The van der Waals surface area contributed by atoms with Crippen LogP contribution in [0.5, 0.6) is 17.2 Å². The lowest BCUT2D eigenvalue weighted by Gasteiger charge is -2.19. The van der Waals surface area contributed by atoms with Gasteiger partial charge in [0, 0.05) is 18.4 Å². The number of rotatable bonds is 9. The SMILES string of the molecule is COc1cc([C@@H](CC(=O)O)CC(=O)Nc2cc(C)on2)cc(OC)c1OC. The average Bonchev–Trinajstić information content (AvgIpc) is 3.03. The molecule has 1 amide bonds. The third-order valence-corrected chi connectivity index (χ3v) is 3.91. The monoisotopic (exact) mass is 378 g/mol. The molecular weight excluding hydrogens is 356 g/mol. The van der Waals surface area contributed by atoms with Crippen molar-refractivity contribution in [2.75, 3.05) is 26.6 Å². The molecule has 0 aliphatic rings. The Balaban J connectivity index is 2.29. The molecule has 2 rings (SSSR count). The fourth-order valence-electron chi connectivity index (χ4n) is 2.70. The fraction of sp³-hybridized carbons (Fsp3) is 0.389. The molecule has 27 heavy (non-hydrogen) atoms. The number of methoxy groups -OCH3 is 3. The highest BCUT2D eigenvalue weighted by molar-refractivity contribution is 5.90. The fourth-order valence-corrected chi connectivity index (χ4v) is 2.70. The molecule has 9 nitrogen and oxygen atoms in total. The normalized spacial score (nSPS) is 11.6. The number of carbonyl (C=O) groups is 2. The molecule has 0 saturated carbocycles. The Hall–Kier alpha value is -3.23. The molecule has 1 aromatic heterocycles. The summed E-state index contributed by atoms with van der Waals surface area (Å²) in [6.07, 6.45) is -0.319. The topological polar surface area (TPSA) is 120 Å². The minimum absolute atomic E-state index is 0.0726. The number of benzene rings is 1. The molecule has 0 bridgehead atoms. The Kier molecular flexibility index (Phi) is 6.64. The van der Waals surface area contributed by atoms with Crippen molar-refractivity contribution < 1.29 is 33.4 Å². The number of hydrogen-bond acceptors (Lipinski definition) is 7. The number of aliphatic carboxylic acids is 1. The third kappa shape index (κ3) is 5.13. The van der Waals surface area contributed by atoms with Gasteiger partial charge in [-0.2, -0.15) is 0 Å². The zero-order valence-corrected chi connectivity index (χ0v) is 15.6. The number of ether oxygens (including phenoxy) is 3. The van der Waals surface area contributed by atoms with Crippen LogP contribution in [0.25, 0.3) is 0 Å². The molecule has 0 spiro atoms. The van der Waals surface area contributed by atoms with Gasteiger partial charge in [0.25, 0.3) is 0 Å². The first-order valence-corrected chi connectivity index (χ1v) is 8.12. The van der Waals surface area contributed by atoms with Crippen LogP contribution in [-0.4, -0.2) is 43.5 Å². The van der Waals surface area contributed by atoms with E-state index in [2.05, 4.69) is 10.5 Å². The standard InChI is InChI=1S/C18H22N2O7/c1-10-5-15(20-27-10)19-16(21)8-12(9-17(22)23)11-6-13(24-2)18(26-4)14(7-11)25-3/h5-7,12H,8-9H2,1-4H3,(H,22,23)(H,19,20,21)/t12-/m1/s1. The maximum Gasteiger partial charge on any atom is 0.303 e. The summed E-state index contributed by atoms with van der Waals surface area (Å²) in [4.78, 5) is 23.7. The first-order chi connectivity index (χ1) is 12.9. The lowest BCUT2D eigenvalue weighted by atomic mass is 9.91. The molecule has 2 N–H and O–H groups in total. The number of amides is 1. The summed E-state index contributed by atoms with van der Waals surface area (Å²) < 4.78 is 20.8. The number of anilines is 1. The molecule has 0 unspecified atom stereocenters. The summed E-state index contributed by atoms with van der Waals surface area (Å²) in [6.45, 7) is 1.70. The zero-order chi connectivity index (χ0) is 20.0. The summed E-state index contributed by atoms with van der Waals surface area (Å²) >= 11 is 0. The van der Waals surface area contributed by atoms with Gasteiger partial charge in [0.15, 0.2) is 17.3 Å². The molecule has 146 valence electrons. The number of nitrogens with one attached hydrogen (secondary N) is 1. The van der Waals surface area contributed by atoms with Crippen LogP contribution in [0.4, 0.5) is 5.82 Å². The lowest BCUT2D eigenvalue weighted by molar-refractivity contribution is -0.137. The summed E-state index contributed by atoms with van der Waals surface area (Å²) in [5, 5.41) is 15.5. The van der Waals surface area contributed by atoms with Gasteiger partial charge in [-0.1, -0.05) is 5.16 Å². The van der Waals surface area contributed by atoms with Gasteiger partial charge in [-0.15, -0.1) is 0 Å². The predicted octanol–water partition coefficient (Wildman–Crippen LogP) is 2.60. The smallest absolute Gasteiger partial charge is 0.303 e. The number of carbonyl (C=O) groups excluding carboxylic acids is 1. The second kappa shape index (κ2) is 8.93. The largest absolute Gasteiger partial charge is 0.493 e. The van der Waals surface area contributed by atoms with E-state index in [0.29, 0.717) is 28.6 Å². The van der Waals surface area contributed by atoms with Crippen molar-refractivity contribution in [3.8, 4) is 17.2 Å². The van der Waals surface area contributed by atoms with E-state index in [1.165, 1.54) is 21.3 Å². The van der Waals surface area contributed by atoms with E-state index in [4.69, 9.17) is 18.7 Å². The van der Waals surface area contributed by atoms with Crippen LogP contribution < -0.4 is 19.5 Å². The van der Waals surface area contributed by atoms with Gasteiger partial charge in [-0.25, -0.2) is 0 Å². The van der Waals surface area contributed by atoms with Crippen LogP contribution in [0.3, 0.4) is 0 Å². The quantitative estimate of drug-likeness (QED) is 0.683. The van der Waals surface area contributed by atoms with Crippen LogP contribution in [-0.2, 0) is 9.59 Å². The Morgan fingerprint density at radius 2 is 1.74 bits per heavy atom. The van der Waals surface area contributed by atoms with Crippen LogP contribution in [0.15, 0.2) is 22.7 Å². The minimum Gasteiger partial charge on any atom is -0.493 e. The van der Waals surface area contributed by atoms with E-state index in [-0.39, 0.29) is 24.6 Å². The van der Waals surface area contributed by atoms with Gasteiger partial charge in [-0.3, -0.25) is 9.59 Å². The van der Waals surface area contributed by atoms with Gasteiger partial charge < -0.3 is 29.2 Å². The lowest BCUT2D eigenvalue weighted by Crippen LogP contribution is -2.18. The van der Waals surface area contributed by atoms with Gasteiger partial charge in [0.1, 0.15) is 5.76 Å². The maximum absolute atomic E-state index is 12.3. The highest BCUT2D eigenvalue weighted by Crippen LogP contribution is 2.41. The van der Waals surface area contributed by atoms with E-state index in [1.807, 2.05) is 0 Å². The molecular formula is C18H22N2O7. The Morgan fingerprint density at radius 1 is 1.11 bits per heavy atom. The van der Waals surface area contributed by atoms with E-state index in [1.54, 1.807) is 25.1 Å². The van der Waals surface area contributed by atoms with Crippen LogP contribution in [0.1, 0.15) is 30.1 Å². The molecule has 1 heterocycles. The van der Waals surface area contributed by atoms with Crippen molar-refractivity contribution in [1.29, 1.82) is 0 Å². The first kappa shape index (κ1) is 20.1. The van der Waals surface area contributed by atoms with E-state index in [9.17, 15) is 14.7 Å². The van der Waals surface area contributed by atoms with Gasteiger partial charge in [-0.05, 0) is 24.6 Å². The molecule has 0 saturated heterocycles. The maximum atomic E-state index is 12.3. The molecule has 0 fully saturated rings. The highest BCUT2D eigenvalue weighted by Gasteiger charge is 2.24. The average molecular weight is 378 g/mol. The van der Waals surface area contributed by atoms with Crippen molar-refractivity contribution in [1.82, 2.24) is 5.16 Å². The molecule has 9 heteroatoms. The number of carboxylic acids is 1. The van der Waals surface area contributed by atoms with E-state index < -0.39 is 11.9 Å². The molecule has 0 aliphatic heterocycles. The van der Waals surface area contributed by atoms with Crippen molar-refractivity contribution in [2.45, 2.75) is 25.7 Å². The number of carboxylic acid groups (broad SMARTS) is 1. The van der Waals surface area contributed by atoms with Gasteiger partial charge in [0.2, 0.25) is 11.7 Å². The molecule has 1 aromatic carbocycles. The number of aryl methyl sites for hydroxylation is 1. The molecule has 0 aliphatic carbocycles. The Labute approximate surface area is 156 Å². The second-order valence-electron chi connectivity index (χ2n) is 5.83. The van der Waals surface area contributed by atoms with Crippen molar-refractivity contribution in [3.05, 3.63) is 29.5 Å². The van der Waals surface area contributed by atoms with Crippen LogP contribution in [0.2, 0.25) is 0 Å². The second-order valence-corrected chi connectivity index (χ2v) is 5.83. The Morgan fingerprint density at radius 3 is 2.19 bits per heavy atom. The summed E-state index contributed by atoms with van der Waals surface area (Å²) in [5.74, 6) is -0.0373. The summed E-state index contributed by atoms with van der Waals surface area (Å²) in [5.41, 5.74) is 0.582. The summed E-state index contributed by atoms with van der Waals surface area (Å²) in [6, 6.07) is 4.86.